The van der Waals surface area contributed by atoms with E-state index in [1.54, 1.807) is 6.08 Å². The molecule has 1 aliphatic rings. The Balaban J connectivity index is 2.80. The summed E-state index contributed by atoms with van der Waals surface area (Å²) in [5.41, 5.74) is 6.22. The van der Waals surface area contributed by atoms with Crippen LogP contribution < -0.4 is 11.1 Å². The summed E-state index contributed by atoms with van der Waals surface area (Å²) < 4.78 is 5.42. The Hall–Kier alpha value is -0.950. The maximum absolute atomic E-state index is 10.9. The number of ether oxygens (including phenoxy) is 1. The van der Waals surface area contributed by atoms with Crippen molar-refractivity contribution in [3.63, 3.8) is 0 Å². The van der Waals surface area contributed by atoms with E-state index in [4.69, 9.17) is 20.7 Å². The van der Waals surface area contributed by atoms with Crippen LogP contribution in [0.2, 0.25) is 0 Å². The zero-order valence-electron chi connectivity index (χ0n) is 9.93. The predicted molar refractivity (Wildman–Crippen MR) is 62.6 cm³/mol. The molecule has 0 saturated heterocycles. The first-order valence-corrected chi connectivity index (χ1v) is 5.75. The van der Waals surface area contributed by atoms with Gasteiger partial charge in [-0.1, -0.05) is 6.92 Å². The second-order valence-corrected chi connectivity index (χ2v) is 4.01. The molecule has 6 nitrogen and oxygen atoms in total. The van der Waals surface area contributed by atoms with Crippen molar-refractivity contribution in [3.05, 3.63) is 11.6 Å². The molecule has 1 rings (SSSR count). The molecule has 0 aromatic heterocycles. The lowest BCUT2D eigenvalue weighted by atomic mass is 9.88. The van der Waals surface area contributed by atoms with Crippen molar-refractivity contribution in [3.8, 4) is 0 Å². The minimum atomic E-state index is -0.965. The van der Waals surface area contributed by atoms with Gasteiger partial charge in [0.2, 0.25) is 0 Å². The second-order valence-electron chi connectivity index (χ2n) is 4.01. The first-order valence-electron chi connectivity index (χ1n) is 5.75. The van der Waals surface area contributed by atoms with E-state index in [0.29, 0.717) is 6.42 Å². The molecule has 17 heavy (non-hydrogen) atoms. The lowest BCUT2D eigenvalue weighted by molar-refractivity contribution is -0.133. The number of carbonyl (C=O) groups is 1. The van der Waals surface area contributed by atoms with Crippen LogP contribution in [0.3, 0.4) is 0 Å². The highest BCUT2D eigenvalue weighted by Gasteiger charge is 2.33. The van der Waals surface area contributed by atoms with E-state index in [9.17, 15) is 4.79 Å². The molecule has 0 radical (unpaired) electrons. The fraction of sp³-hybridized carbons (Fsp3) is 0.727. The number of likely N-dealkylation sites (N-methyl/N-ethyl adjacent to an activating group) is 1. The van der Waals surface area contributed by atoms with E-state index < -0.39 is 12.1 Å². The van der Waals surface area contributed by atoms with Crippen LogP contribution in [0.4, 0.5) is 0 Å². The summed E-state index contributed by atoms with van der Waals surface area (Å²) in [5, 5.41) is 20.9. The Bertz CT molecular complexity index is 293. The zero-order chi connectivity index (χ0) is 12.8. The highest BCUT2D eigenvalue weighted by Crippen LogP contribution is 2.20. The Morgan fingerprint density at radius 2 is 2.41 bits per heavy atom. The highest BCUT2D eigenvalue weighted by atomic mass is 16.5. The minimum absolute atomic E-state index is 0.0964. The van der Waals surface area contributed by atoms with Crippen molar-refractivity contribution in [1.29, 1.82) is 0 Å². The van der Waals surface area contributed by atoms with Crippen LogP contribution in [-0.2, 0) is 9.53 Å². The predicted octanol–water partition coefficient (Wildman–Crippen LogP) is -0.916. The molecule has 3 atom stereocenters. The van der Waals surface area contributed by atoms with Gasteiger partial charge in [-0.15, -0.1) is 0 Å². The molecule has 0 amide bonds. The topological polar surface area (TPSA) is 105 Å². The van der Waals surface area contributed by atoms with Gasteiger partial charge in [-0.05, 0) is 19.0 Å². The monoisotopic (exact) mass is 244 g/mol. The van der Waals surface area contributed by atoms with Crippen molar-refractivity contribution in [1.82, 2.24) is 5.32 Å². The number of rotatable bonds is 6. The summed E-state index contributed by atoms with van der Waals surface area (Å²) >= 11 is 0. The van der Waals surface area contributed by atoms with Crippen molar-refractivity contribution >= 4 is 5.97 Å². The first kappa shape index (κ1) is 14.1. The Morgan fingerprint density at radius 3 is 2.94 bits per heavy atom. The number of nitrogens with two attached hydrogens (primary N) is 1. The lowest BCUT2D eigenvalue weighted by Gasteiger charge is -2.34. The van der Waals surface area contributed by atoms with Crippen molar-refractivity contribution in [2.75, 3.05) is 19.8 Å². The third kappa shape index (κ3) is 3.78. The molecule has 0 bridgehead atoms. The molecule has 0 aromatic carbocycles. The smallest absolute Gasteiger partial charge is 0.331 e. The van der Waals surface area contributed by atoms with Gasteiger partial charge in [0.25, 0.3) is 0 Å². The van der Waals surface area contributed by atoms with Gasteiger partial charge in [-0.2, -0.15) is 0 Å². The number of nitrogens with one attached hydrogen (secondary N) is 1. The van der Waals surface area contributed by atoms with E-state index in [0.717, 1.165) is 6.54 Å². The molecule has 6 heteroatoms. The summed E-state index contributed by atoms with van der Waals surface area (Å²) in [5.74, 6) is -0.965. The lowest BCUT2D eigenvalue weighted by Crippen LogP contribution is -2.55. The van der Waals surface area contributed by atoms with E-state index in [2.05, 4.69) is 5.32 Å². The fourth-order valence-corrected chi connectivity index (χ4v) is 2.00. The number of aliphatic hydroxyl groups excluding tert-OH is 1. The normalized spacial score (nSPS) is 28.9. The molecule has 0 heterocycles. The molecule has 0 saturated carbocycles. The van der Waals surface area contributed by atoms with E-state index in [1.807, 2.05) is 6.92 Å². The van der Waals surface area contributed by atoms with Gasteiger partial charge in [-0.3, -0.25) is 0 Å². The van der Waals surface area contributed by atoms with Crippen LogP contribution >= 0.6 is 0 Å². The summed E-state index contributed by atoms with van der Waals surface area (Å²) in [6.45, 7) is 2.75. The summed E-state index contributed by atoms with van der Waals surface area (Å²) in [6.07, 6.45) is 1.50. The number of aliphatic carboxylic acids is 1. The number of carboxylic acids is 1. The van der Waals surface area contributed by atoms with Gasteiger partial charge in [0.15, 0.2) is 0 Å². The zero-order valence-corrected chi connectivity index (χ0v) is 9.93. The molecule has 1 aliphatic carbocycles. The van der Waals surface area contributed by atoms with Crippen LogP contribution in [0.25, 0.3) is 0 Å². The molecule has 0 aromatic rings. The van der Waals surface area contributed by atoms with E-state index >= 15 is 0 Å². The molecule has 5 N–H and O–H groups in total. The fourth-order valence-electron chi connectivity index (χ4n) is 2.00. The number of hydrogen-bond donors (Lipinski definition) is 4. The van der Waals surface area contributed by atoms with Crippen LogP contribution in [0, 0.1) is 0 Å². The van der Waals surface area contributed by atoms with Gasteiger partial charge in [0.1, 0.15) is 0 Å². The van der Waals surface area contributed by atoms with Crippen molar-refractivity contribution in [2.24, 2.45) is 5.73 Å². The van der Waals surface area contributed by atoms with Crippen molar-refractivity contribution < 1.29 is 19.7 Å². The Morgan fingerprint density at radius 1 is 1.71 bits per heavy atom. The number of carboxylic acid groups (broad SMARTS) is 1. The second kappa shape index (κ2) is 6.70. The van der Waals surface area contributed by atoms with Gasteiger partial charge in [0, 0.05) is 11.6 Å². The van der Waals surface area contributed by atoms with E-state index in [1.165, 1.54) is 0 Å². The molecular formula is C11H20N2O4. The van der Waals surface area contributed by atoms with Crippen molar-refractivity contribution in [2.45, 2.75) is 31.5 Å². The molecule has 0 unspecified atom stereocenters. The van der Waals surface area contributed by atoms with Gasteiger partial charge >= 0.3 is 5.97 Å². The highest BCUT2D eigenvalue weighted by molar-refractivity contribution is 5.87. The molecule has 0 spiro atoms. The molecular weight excluding hydrogens is 224 g/mol. The summed E-state index contributed by atoms with van der Waals surface area (Å²) in [4.78, 5) is 10.9. The molecule has 98 valence electrons. The van der Waals surface area contributed by atoms with Crippen LogP contribution in [-0.4, -0.2) is 54.1 Å². The Kier molecular flexibility index (Phi) is 5.57. The standard InChI is InChI=1S/C11H20N2O4/c1-2-13-10-8(12)5-7(11(15)16)6-9(10)17-4-3-14/h6,8-10,13-14H,2-5,12H2,1H3,(H,15,16)/t8-,9+,10+/m0/s1. The third-order valence-corrected chi connectivity index (χ3v) is 2.75. The molecule has 0 fully saturated rings. The van der Waals surface area contributed by atoms with Gasteiger partial charge in [0.05, 0.1) is 25.4 Å². The largest absolute Gasteiger partial charge is 0.478 e. The average molecular weight is 244 g/mol. The Labute approximate surface area is 100 Å². The van der Waals surface area contributed by atoms with Crippen LogP contribution in [0.1, 0.15) is 13.3 Å². The molecule has 0 aliphatic heterocycles. The average Bonchev–Trinajstić information content (AvgIpc) is 2.29. The summed E-state index contributed by atoms with van der Waals surface area (Å²) in [7, 11) is 0. The first-order chi connectivity index (χ1) is 8.10. The maximum Gasteiger partial charge on any atom is 0.331 e. The third-order valence-electron chi connectivity index (χ3n) is 2.75. The van der Waals surface area contributed by atoms with Gasteiger partial charge in [-0.25, -0.2) is 4.79 Å². The van der Waals surface area contributed by atoms with Crippen LogP contribution in [0.5, 0.6) is 0 Å². The quantitative estimate of drug-likeness (QED) is 0.482. The number of aliphatic hydroxyl groups is 1. The van der Waals surface area contributed by atoms with Crippen LogP contribution in [0.15, 0.2) is 11.6 Å². The minimum Gasteiger partial charge on any atom is -0.478 e. The van der Waals surface area contributed by atoms with Gasteiger partial charge < -0.3 is 26.0 Å². The van der Waals surface area contributed by atoms with E-state index in [-0.39, 0.29) is 30.9 Å². The maximum atomic E-state index is 10.9. The number of hydrogen-bond acceptors (Lipinski definition) is 5. The summed E-state index contributed by atoms with van der Waals surface area (Å²) in [6, 6.07) is -0.413. The SMILES string of the molecule is CCN[C@@H]1[C@@H](N)CC(C(=O)O)=C[C@H]1OCCO.